The third kappa shape index (κ3) is 5.68. The highest BCUT2D eigenvalue weighted by molar-refractivity contribution is 6.14. The van der Waals surface area contributed by atoms with Crippen molar-refractivity contribution >= 4 is 77.6 Å². The van der Waals surface area contributed by atoms with Gasteiger partial charge >= 0.3 is 0 Å². The zero-order valence-electron chi connectivity index (χ0n) is 36.9. The van der Waals surface area contributed by atoms with Crippen molar-refractivity contribution in [2.75, 3.05) is 9.80 Å². The van der Waals surface area contributed by atoms with E-state index in [1.54, 1.807) is 0 Å². The van der Waals surface area contributed by atoms with Crippen molar-refractivity contribution < 1.29 is 4.42 Å². The first-order chi connectivity index (χ1) is 31.7. The van der Waals surface area contributed by atoms with Crippen molar-refractivity contribution in [1.82, 2.24) is 0 Å². The van der Waals surface area contributed by atoms with Crippen LogP contribution in [0.25, 0.3) is 65.7 Å². The Labute approximate surface area is 379 Å². The van der Waals surface area contributed by atoms with Crippen LogP contribution in [0.4, 0.5) is 34.1 Å². The van der Waals surface area contributed by atoms with Crippen molar-refractivity contribution in [1.29, 1.82) is 0 Å². The van der Waals surface area contributed by atoms with E-state index in [4.69, 9.17) is 4.42 Å². The summed E-state index contributed by atoms with van der Waals surface area (Å²) in [7, 11) is 0. The van der Waals surface area contributed by atoms with Gasteiger partial charge < -0.3 is 14.2 Å². The minimum atomic E-state index is -0.0480. The highest BCUT2D eigenvalue weighted by atomic mass is 16.3. The summed E-state index contributed by atoms with van der Waals surface area (Å²) in [5, 5.41) is 6.87. The highest BCUT2D eigenvalue weighted by Gasteiger charge is 2.37. The quantitative estimate of drug-likeness (QED) is 0.166. The summed E-state index contributed by atoms with van der Waals surface area (Å²) in [4.78, 5) is 4.75. The number of para-hydroxylation sites is 2. The first-order valence-electron chi connectivity index (χ1n) is 22.7. The topological polar surface area (TPSA) is 19.6 Å². The Morgan fingerprint density at radius 1 is 0.292 bits per heavy atom. The van der Waals surface area contributed by atoms with Gasteiger partial charge in [-0.3, -0.25) is 0 Å². The van der Waals surface area contributed by atoms with Gasteiger partial charge in [-0.15, -0.1) is 0 Å². The van der Waals surface area contributed by atoms with Gasteiger partial charge in [0.25, 0.3) is 0 Å². The molecule has 0 N–H and O–H groups in total. The van der Waals surface area contributed by atoms with Crippen molar-refractivity contribution in [2.24, 2.45) is 0 Å². The lowest BCUT2D eigenvalue weighted by molar-refractivity contribution is 0.660. The van der Waals surface area contributed by atoms with Crippen LogP contribution in [0.1, 0.15) is 49.9 Å². The number of rotatable bonds is 6. The average molecular weight is 835 g/mol. The predicted octanol–water partition coefficient (Wildman–Crippen LogP) is 17.4. The van der Waals surface area contributed by atoms with E-state index >= 15 is 0 Å². The van der Waals surface area contributed by atoms with Crippen LogP contribution in [0.5, 0.6) is 0 Å². The minimum Gasteiger partial charge on any atom is -0.456 e. The van der Waals surface area contributed by atoms with Crippen molar-refractivity contribution in [3.63, 3.8) is 0 Å². The molecule has 0 bridgehead atoms. The molecule has 0 spiro atoms. The maximum Gasteiger partial charge on any atom is 0.136 e. The van der Waals surface area contributed by atoms with Gasteiger partial charge in [-0.1, -0.05) is 137 Å². The Hall–Kier alpha value is -7.88. The molecule has 0 aliphatic heterocycles. The Morgan fingerprint density at radius 2 is 0.662 bits per heavy atom. The number of hydrogen-bond acceptors (Lipinski definition) is 3. The molecule has 310 valence electrons. The summed E-state index contributed by atoms with van der Waals surface area (Å²) < 4.78 is 6.79. The molecule has 3 nitrogen and oxygen atoms in total. The number of anilines is 6. The monoisotopic (exact) mass is 834 g/mol. The summed E-state index contributed by atoms with van der Waals surface area (Å²) >= 11 is 0. The molecule has 13 rings (SSSR count). The lowest BCUT2D eigenvalue weighted by Gasteiger charge is -2.27. The van der Waals surface area contributed by atoms with E-state index in [0.717, 1.165) is 66.8 Å². The average Bonchev–Trinajstić information content (AvgIpc) is 3.88. The minimum absolute atomic E-state index is 0.0480. The molecule has 2 aliphatic carbocycles. The van der Waals surface area contributed by atoms with Crippen LogP contribution in [0.3, 0.4) is 0 Å². The number of nitrogens with zero attached hydrogens (tertiary/aromatic N) is 2. The van der Waals surface area contributed by atoms with Gasteiger partial charge in [0.2, 0.25) is 0 Å². The Morgan fingerprint density at radius 3 is 1.11 bits per heavy atom. The molecule has 0 saturated carbocycles. The Kier molecular flexibility index (Phi) is 8.00. The highest BCUT2D eigenvalue weighted by Crippen LogP contribution is 2.52. The molecule has 10 aromatic carbocycles. The standard InChI is InChI=1S/C62H46N2O/c1-61(2)55-21-13-11-19-49(55)51-37-47(27-29-57(51)61)63(43-15-7-5-8-16-43)45-25-23-39-33-53-54-34-40-24-26-46(32-42(40)36-60(54)65-59(53)35-41(39)31-45)64(44-17-9-6-10-18-44)48-28-30-58-52(38-48)50-20-12-14-22-56(50)62(58,3)4/h5-38H,1-4H3. The van der Waals surface area contributed by atoms with Crippen molar-refractivity contribution in [3.05, 3.63) is 229 Å². The fourth-order valence-electron chi connectivity index (χ4n) is 11.3. The molecule has 11 aromatic rings. The SMILES string of the molecule is CC1(C)c2ccccc2-c2cc(N(c3ccccc3)c3ccc4cc5c(cc4c3)oc3cc4cc(N(c6ccccc6)c6ccc7c(c6)-c6ccccc6C7(C)C)ccc4cc35)ccc21. The second-order valence-electron chi connectivity index (χ2n) is 19.0. The van der Waals surface area contributed by atoms with E-state index in [2.05, 4.69) is 244 Å². The third-order valence-corrected chi connectivity index (χ3v) is 14.6. The molecular formula is C62H46N2O. The van der Waals surface area contributed by atoms with Crippen LogP contribution in [0.2, 0.25) is 0 Å². The molecule has 0 unspecified atom stereocenters. The van der Waals surface area contributed by atoms with E-state index in [1.165, 1.54) is 55.3 Å². The Bertz CT molecular complexity index is 3480. The third-order valence-electron chi connectivity index (χ3n) is 14.6. The lowest BCUT2D eigenvalue weighted by atomic mass is 9.82. The van der Waals surface area contributed by atoms with Crippen LogP contribution in [-0.4, -0.2) is 0 Å². The molecule has 0 saturated heterocycles. The smallest absolute Gasteiger partial charge is 0.136 e. The lowest BCUT2D eigenvalue weighted by Crippen LogP contribution is -2.15. The molecule has 2 aliphatic rings. The van der Waals surface area contributed by atoms with Gasteiger partial charge in [-0.2, -0.15) is 0 Å². The van der Waals surface area contributed by atoms with Crippen LogP contribution in [-0.2, 0) is 10.8 Å². The van der Waals surface area contributed by atoms with Gasteiger partial charge in [0, 0.05) is 55.7 Å². The zero-order valence-corrected chi connectivity index (χ0v) is 36.9. The number of hydrogen-bond donors (Lipinski definition) is 0. The molecule has 1 aromatic heterocycles. The normalized spacial score (nSPS) is 14.1. The molecule has 0 radical (unpaired) electrons. The molecule has 0 amide bonds. The second-order valence-corrected chi connectivity index (χ2v) is 19.0. The number of furan rings is 1. The zero-order chi connectivity index (χ0) is 43.6. The van der Waals surface area contributed by atoms with Gasteiger partial charge in [-0.25, -0.2) is 0 Å². The first-order valence-corrected chi connectivity index (χ1v) is 22.7. The van der Waals surface area contributed by atoms with Gasteiger partial charge in [-0.05, 0) is 163 Å². The number of fused-ring (bicyclic) bond motifs is 11. The fourth-order valence-corrected chi connectivity index (χ4v) is 11.3. The molecule has 3 heteroatoms. The second kappa shape index (κ2) is 13.8. The number of benzene rings is 10. The van der Waals surface area contributed by atoms with Crippen LogP contribution < -0.4 is 9.80 Å². The van der Waals surface area contributed by atoms with Crippen LogP contribution in [0.15, 0.2) is 211 Å². The van der Waals surface area contributed by atoms with E-state index in [-0.39, 0.29) is 10.8 Å². The fraction of sp³-hybridized carbons (Fsp3) is 0.0968. The molecule has 1 heterocycles. The van der Waals surface area contributed by atoms with E-state index in [0.29, 0.717) is 0 Å². The summed E-state index contributed by atoms with van der Waals surface area (Å²) in [5.41, 5.74) is 19.1. The van der Waals surface area contributed by atoms with Crippen LogP contribution in [0, 0.1) is 0 Å². The van der Waals surface area contributed by atoms with Crippen LogP contribution >= 0.6 is 0 Å². The summed E-state index contributed by atoms with van der Waals surface area (Å²) in [5.74, 6) is 0. The first kappa shape index (κ1) is 37.7. The molecule has 0 fully saturated rings. The summed E-state index contributed by atoms with van der Waals surface area (Å²) in [6.45, 7) is 9.35. The molecule has 65 heavy (non-hydrogen) atoms. The maximum atomic E-state index is 6.79. The van der Waals surface area contributed by atoms with E-state index < -0.39 is 0 Å². The van der Waals surface area contributed by atoms with Gasteiger partial charge in [0.15, 0.2) is 0 Å². The van der Waals surface area contributed by atoms with E-state index in [1.807, 2.05) is 0 Å². The largest absolute Gasteiger partial charge is 0.456 e. The Balaban J connectivity index is 0.905. The van der Waals surface area contributed by atoms with E-state index in [9.17, 15) is 0 Å². The maximum absolute atomic E-state index is 6.79. The predicted molar refractivity (Wildman–Crippen MR) is 273 cm³/mol. The van der Waals surface area contributed by atoms with Crippen molar-refractivity contribution in [2.45, 2.75) is 38.5 Å². The van der Waals surface area contributed by atoms with Gasteiger partial charge in [0.1, 0.15) is 11.2 Å². The summed E-state index contributed by atoms with van der Waals surface area (Å²) in [6.07, 6.45) is 0. The molecule has 0 atom stereocenters. The van der Waals surface area contributed by atoms with Crippen molar-refractivity contribution in [3.8, 4) is 22.3 Å². The summed E-state index contributed by atoms with van der Waals surface area (Å²) in [6, 6.07) is 75.8. The van der Waals surface area contributed by atoms with Gasteiger partial charge in [0.05, 0.1) is 0 Å². The molecular weight excluding hydrogens is 789 g/mol.